The minimum Gasteiger partial charge on any atom is -0.466 e. The third-order valence-electron chi connectivity index (χ3n) is 9.84. The van der Waals surface area contributed by atoms with Crippen molar-refractivity contribution in [1.82, 2.24) is 5.32 Å². The summed E-state index contributed by atoms with van der Waals surface area (Å²) in [4.78, 5) is 24.6. The van der Waals surface area contributed by atoms with Gasteiger partial charge in [0.1, 0.15) is 19.0 Å². The molecule has 0 aromatic carbocycles. The Balaban J connectivity index is 1.64. The van der Waals surface area contributed by atoms with Crippen molar-refractivity contribution in [1.29, 1.82) is 0 Å². The van der Waals surface area contributed by atoms with Crippen molar-refractivity contribution in [2.24, 2.45) is 17.3 Å². The monoisotopic (exact) mass is 629 g/mol. The number of esters is 1. The fourth-order valence-electron chi connectivity index (χ4n) is 6.69. The number of nitrogens with one attached hydrogen (secondary N) is 1. The molecule has 12 heteroatoms. The number of unbranched alkanes of at least 4 members (excludes halogenated alkanes) is 3. The first-order valence-corrected chi connectivity index (χ1v) is 15.9. The first-order chi connectivity index (χ1) is 20.8. The number of methoxy groups -OCH3 is 3. The summed E-state index contributed by atoms with van der Waals surface area (Å²) in [6.07, 6.45) is 2.38. The molecule has 3 aliphatic heterocycles. The maximum atomic E-state index is 13.4. The maximum absolute atomic E-state index is 13.4. The van der Waals surface area contributed by atoms with Crippen molar-refractivity contribution >= 4 is 11.9 Å². The van der Waals surface area contributed by atoms with Crippen LogP contribution in [-0.4, -0.2) is 105 Å². The quantitative estimate of drug-likeness (QED) is 0.148. The third-order valence-corrected chi connectivity index (χ3v) is 9.84. The van der Waals surface area contributed by atoms with Gasteiger partial charge in [-0.05, 0) is 38.0 Å². The van der Waals surface area contributed by atoms with Gasteiger partial charge in [0.15, 0.2) is 12.3 Å². The molecule has 11 atom stereocenters. The molecule has 12 nitrogen and oxygen atoms in total. The number of carbonyl (C=O) groups excluding carboxylic acids is 2. The van der Waals surface area contributed by atoms with E-state index in [0.29, 0.717) is 19.3 Å². The molecule has 3 fully saturated rings. The van der Waals surface area contributed by atoms with Crippen molar-refractivity contribution in [3.05, 3.63) is 12.2 Å². The molecular formula is C32H55NO11. The zero-order valence-corrected chi connectivity index (χ0v) is 27.7. The van der Waals surface area contributed by atoms with E-state index in [-0.39, 0.29) is 30.7 Å². The van der Waals surface area contributed by atoms with Gasteiger partial charge in [0.2, 0.25) is 5.79 Å². The molecule has 3 aliphatic rings. The number of ether oxygens (including phenoxy) is 7. The summed E-state index contributed by atoms with van der Waals surface area (Å²) in [6, 6.07) is 0. The lowest BCUT2D eigenvalue weighted by molar-refractivity contribution is -0.334. The van der Waals surface area contributed by atoms with Crippen LogP contribution in [0.1, 0.15) is 79.6 Å². The lowest BCUT2D eigenvalue weighted by Gasteiger charge is -2.54. The predicted molar refractivity (Wildman–Crippen MR) is 160 cm³/mol. The van der Waals surface area contributed by atoms with E-state index in [1.54, 1.807) is 13.2 Å². The number of amides is 1. The second-order valence-electron chi connectivity index (χ2n) is 13.1. The second-order valence-corrected chi connectivity index (χ2v) is 13.1. The van der Waals surface area contributed by atoms with Crippen LogP contribution in [-0.2, 0) is 42.7 Å². The van der Waals surface area contributed by atoms with Gasteiger partial charge in [0.05, 0.1) is 31.5 Å². The zero-order valence-electron chi connectivity index (χ0n) is 27.7. The first kappa shape index (κ1) is 36.8. The van der Waals surface area contributed by atoms with Gasteiger partial charge in [-0.1, -0.05) is 46.6 Å². The van der Waals surface area contributed by atoms with Crippen LogP contribution in [0.25, 0.3) is 0 Å². The maximum Gasteiger partial charge on any atom is 0.330 e. The minimum atomic E-state index is -1.61. The van der Waals surface area contributed by atoms with Crippen molar-refractivity contribution in [2.75, 3.05) is 28.1 Å². The second kappa shape index (κ2) is 16.3. The van der Waals surface area contributed by atoms with E-state index in [1.807, 2.05) is 20.8 Å². The highest BCUT2D eigenvalue weighted by Gasteiger charge is 2.57. The van der Waals surface area contributed by atoms with Crippen LogP contribution >= 0.6 is 0 Å². The standard InChI is InChI=1S/C32H55NO11/c1-19-17-32(40-8,44-21(3)20(19)2)27(36)29(37)33-30-26-25(41-18-42-30)28(39-7)31(4,5)23(43-26)16-22(34)14-12-10-9-11-13-15-24(35)38-6/h13,15,19-23,25-28,30,34,36H,9-12,14,16-18H2,1-8H3,(H,33,37)/b15-13+/t19?,20-,21-,22-,23-,25+,26+,27-,28-,30-,32-/m1/s1. The molecule has 1 amide bonds. The molecule has 0 aromatic heterocycles. The largest absolute Gasteiger partial charge is 0.466 e. The zero-order chi connectivity index (χ0) is 32.7. The summed E-state index contributed by atoms with van der Waals surface area (Å²) < 4.78 is 40.5. The lowest BCUT2D eigenvalue weighted by Crippen LogP contribution is -2.69. The lowest BCUT2D eigenvalue weighted by atomic mass is 9.72. The summed E-state index contributed by atoms with van der Waals surface area (Å²) in [5, 5.41) is 25.0. The molecule has 3 N–H and O–H groups in total. The molecule has 44 heavy (non-hydrogen) atoms. The highest BCUT2D eigenvalue weighted by molar-refractivity contribution is 5.82. The average Bonchev–Trinajstić information content (AvgIpc) is 2.99. The summed E-state index contributed by atoms with van der Waals surface area (Å²) in [5.41, 5.74) is -0.528. The smallest absolute Gasteiger partial charge is 0.330 e. The molecule has 0 radical (unpaired) electrons. The summed E-state index contributed by atoms with van der Waals surface area (Å²) >= 11 is 0. The molecule has 0 saturated carbocycles. The summed E-state index contributed by atoms with van der Waals surface area (Å²) in [5.74, 6) is -2.16. The normalized spacial score (nSPS) is 36.8. The van der Waals surface area contributed by atoms with Gasteiger partial charge in [-0.2, -0.15) is 0 Å². The van der Waals surface area contributed by atoms with Gasteiger partial charge in [0.25, 0.3) is 5.91 Å². The van der Waals surface area contributed by atoms with Crippen LogP contribution in [0.15, 0.2) is 12.2 Å². The molecular weight excluding hydrogens is 574 g/mol. The SMILES string of the molecule is COC(=O)/C=C/CCCCC[C@@H](O)C[C@H]1O[C@H]2[C@H](OCO[C@H]2NC(=O)[C@@H](O)[C@@]2(OC)CC(C)[C@@H](C)[C@@H](C)O2)[C@@H](OC)C1(C)C. The fourth-order valence-corrected chi connectivity index (χ4v) is 6.69. The van der Waals surface area contributed by atoms with Gasteiger partial charge in [0, 0.05) is 38.6 Å². The minimum absolute atomic E-state index is 0.0961. The van der Waals surface area contributed by atoms with Gasteiger partial charge >= 0.3 is 5.97 Å². The van der Waals surface area contributed by atoms with Crippen LogP contribution in [0.2, 0.25) is 0 Å². The van der Waals surface area contributed by atoms with Crippen molar-refractivity contribution < 1.29 is 53.0 Å². The first-order valence-electron chi connectivity index (χ1n) is 15.9. The number of carbonyl (C=O) groups is 2. The fraction of sp³-hybridized carbons (Fsp3) is 0.875. The number of hydrogen-bond acceptors (Lipinski definition) is 11. The molecule has 254 valence electrons. The van der Waals surface area contributed by atoms with E-state index in [4.69, 9.17) is 28.4 Å². The van der Waals surface area contributed by atoms with E-state index in [0.717, 1.165) is 25.7 Å². The van der Waals surface area contributed by atoms with Gasteiger partial charge in [-0.25, -0.2) is 4.79 Å². The predicted octanol–water partition coefficient (Wildman–Crippen LogP) is 2.83. The van der Waals surface area contributed by atoms with Crippen LogP contribution in [0, 0.1) is 17.3 Å². The Morgan fingerprint density at radius 1 is 1.05 bits per heavy atom. The van der Waals surface area contributed by atoms with E-state index in [2.05, 4.69) is 23.9 Å². The van der Waals surface area contributed by atoms with E-state index >= 15 is 0 Å². The van der Waals surface area contributed by atoms with Crippen molar-refractivity contribution in [3.63, 3.8) is 0 Å². The molecule has 3 saturated heterocycles. The van der Waals surface area contributed by atoms with Crippen LogP contribution in [0.3, 0.4) is 0 Å². The Bertz CT molecular complexity index is 946. The Kier molecular flexibility index (Phi) is 13.6. The highest BCUT2D eigenvalue weighted by atomic mass is 16.7. The van der Waals surface area contributed by atoms with Crippen LogP contribution in [0.4, 0.5) is 0 Å². The van der Waals surface area contributed by atoms with E-state index < -0.39 is 60.0 Å². The van der Waals surface area contributed by atoms with Gasteiger partial charge in [-0.3, -0.25) is 4.79 Å². The number of rotatable bonds is 14. The number of allylic oxidation sites excluding steroid dienone is 1. The van der Waals surface area contributed by atoms with Crippen LogP contribution in [0.5, 0.6) is 0 Å². The van der Waals surface area contributed by atoms with E-state index in [1.165, 1.54) is 20.3 Å². The average molecular weight is 630 g/mol. The van der Waals surface area contributed by atoms with Gasteiger partial charge < -0.3 is 48.7 Å². The highest BCUT2D eigenvalue weighted by Crippen LogP contribution is 2.44. The molecule has 0 aliphatic carbocycles. The molecule has 0 spiro atoms. The molecule has 0 bridgehead atoms. The number of hydrogen-bond donors (Lipinski definition) is 3. The molecule has 1 unspecified atom stereocenters. The Morgan fingerprint density at radius 2 is 1.77 bits per heavy atom. The molecule has 3 heterocycles. The van der Waals surface area contributed by atoms with Crippen LogP contribution < -0.4 is 5.32 Å². The van der Waals surface area contributed by atoms with Gasteiger partial charge in [-0.15, -0.1) is 0 Å². The van der Waals surface area contributed by atoms with Crippen molar-refractivity contribution in [2.45, 2.75) is 134 Å². The summed E-state index contributed by atoms with van der Waals surface area (Å²) in [7, 11) is 4.39. The van der Waals surface area contributed by atoms with Crippen molar-refractivity contribution in [3.8, 4) is 0 Å². The topological polar surface area (TPSA) is 151 Å². The third kappa shape index (κ3) is 8.58. The number of fused-ring (bicyclic) bond motifs is 1. The molecule has 0 aromatic rings. The Morgan fingerprint density at radius 3 is 2.41 bits per heavy atom. The molecule has 3 rings (SSSR count). The van der Waals surface area contributed by atoms with E-state index in [9.17, 15) is 19.8 Å². The Hall–Kier alpha value is -1.64. The Labute approximate surface area is 262 Å². The number of aliphatic hydroxyl groups is 2. The number of aliphatic hydroxyl groups excluding tert-OH is 2. The summed E-state index contributed by atoms with van der Waals surface area (Å²) in [6.45, 7) is 9.98.